The summed E-state index contributed by atoms with van der Waals surface area (Å²) in [5.41, 5.74) is 0. The third-order valence-corrected chi connectivity index (χ3v) is 4.51. The Morgan fingerprint density at radius 1 is 1.44 bits per heavy atom. The zero-order chi connectivity index (χ0) is 13.8. The summed E-state index contributed by atoms with van der Waals surface area (Å²) in [6.45, 7) is 7.58. The van der Waals surface area contributed by atoms with E-state index in [1.165, 1.54) is 6.07 Å². The maximum atomic E-state index is 12.0. The average Bonchev–Trinajstić information content (AvgIpc) is 2.66. The fraction of sp³-hybridized carbons (Fsp3) is 0.636. The maximum absolute atomic E-state index is 12.0. The Morgan fingerprint density at radius 3 is 2.67 bits per heavy atom. The second kappa shape index (κ2) is 6.70. The molecule has 0 unspecified atom stereocenters. The van der Waals surface area contributed by atoms with E-state index in [-0.39, 0.29) is 15.5 Å². The summed E-state index contributed by atoms with van der Waals surface area (Å²) >= 11 is 3.14. The minimum absolute atomic E-state index is 0.149. The third kappa shape index (κ3) is 4.38. The lowest BCUT2D eigenvalue weighted by atomic mass is 10.2. The summed E-state index contributed by atoms with van der Waals surface area (Å²) in [5, 5.41) is 3.08. The highest BCUT2D eigenvalue weighted by molar-refractivity contribution is 9.10. The van der Waals surface area contributed by atoms with Crippen LogP contribution in [0.2, 0.25) is 0 Å². The second-order valence-corrected chi connectivity index (χ2v) is 6.83. The quantitative estimate of drug-likeness (QED) is 0.798. The Kier molecular flexibility index (Phi) is 5.84. The fourth-order valence-corrected chi connectivity index (χ4v) is 3.48. The van der Waals surface area contributed by atoms with Gasteiger partial charge in [-0.1, -0.05) is 20.8 Å². The zero-order valence-electron chi connectivity index (χ0n) is 10.8. The van der Waals surface area contributed by atoms with Crippen molar-refractivity contribution in [2.75, 3.05) is 13.1 Å². The highest BCUT2D eigenvalue weighted by Crippen LogP contribution is 2.26. The van der Waals surface area contributed by atoms with Gasteiger partial charge in [-0.05, 0) is 28.4 Å². The summed E-state index contributed by atoms with van der Waals surface area (Å²) in [6, 6.07) is 1.54. The maximum Gasteiger partial charge on any atom is 0.244 e. The van der Waals surface area contributed by atoms with Crippen LogP contribution in [0.3, 0.4) is 0 Å². The molecule has 0 saturated heterocycles. The predicted molar refractivity (Wildman–Crippen MR) is 73.8 cm³/mol. The zero-order valence-corrected chi connectivity index (χ0v) is 13.2. The molecule has 0 saturated carbocycles. The van der Waals surface area contributed by atoms with E-state index in [2.05, 4.69) is 26.0 Å². The molecule has 0 fully saturated rings. The average molecular weight is 339 g/mol. The standard InChI is InChI=1S/C11H19BrN2O3S/c1-4-13-7-9-5-10(11(12)17-9)18(15,16)14-6-8(2)3/h5,8,13-14H,4,6-7H2,1-3H3. The Balaban J connectivity index is 2.84. The highest BCUT2D eigenvalue weighted by Gasteiger charge is 2.22. The molecule has 5 nitrogen and oxygen atoms in total. The van der Waals surface area contributed by atoms with Crippen molar-refractivity contribution in [2.24, 2.45) is 5.92 Å². The molecule has 0 spiro atoms. The first-order valence-electron chi connectivity index (χ1n) is 5.85. The van der Waals surface area contributed by atoms with E-state index in [1.807, 2.05) is 20.8 Å². The number of halogens is 1. The normalized spacial score (nSPS) is 12.3. The van der Waals surface area contributed by atoms with E-state index in [0.717, 1.165) is 6.54 Å². The van der Waals surface area contributed by atoms with Crippen LogP contribution in [-0.4, -0.2) is 21.5 Å². The van der Waals surface area contributed by atoms with Gasteiger partial charge < -0.3 is 9.73 Å². The molecule has 7 heteroatoms. The summed E-state index contributed by atoms with van der Waals surface area (Å²) in [5.74, 6) is 0.848. The monoisotopic (exact) mass is 338 g/mol. The minimum atomic E-state index is -3.51. The van der Waals surface area contributed by atoms with Crippen molar-refractivity contribution in [2.45, 2.75) is 32.2 Å². The lowest BCUT2D eigenvalue weighted by molar-refractivity contribution is 0.464. The van der Waals surface area contributed by atoms with Gasteiger partial charge >= 0.3 is 0 Å². The SMILES string of the molecule is CCNCc1cc(S(=O)(=O)NCC(C)C)c(Br)o1. The Labute approximate surface area is 117 Å². The van der Waals surface area contributed by atoms with Crippen molar-refractivity contribution in [3.8, 4) is 0 Å². The number of hydrogen-bond donors (Lipinski definition) is 2. The molecule has 1 aromatic rings. The summed E-state index contributed by atoms with van der Waals surface area (Å²) in [6.07, 6.45) is 0. The molecular weight excluding hydrogens is 320 g/mol. The van der Waals surface area contributed by atoms with Crippen LogP contribution in [0.15, 0.2) is 20.0 Å². The number of nitrogens with one attached hydrogen (secondary N) is 2. The van der Waals surface area contributed by atoms with Crippen molar-refractivity contribution < 1.29 is 12.8 Å². The largest absolute Gasteiger partial charge is 0.452 e. The van der Waals surface area contributed by atoms with E-state index in [4.69, 9.17) is 4.42 Å². The van der Waals surface area contributed by atoms with Crippen LogP contribution in [0.25, 0.3) is 0 Å². The van der Waals surface area contributed by atoms with E-state index >= 15 is 0 Å². The van der Waals surface area contributed by atoms with Crippen LogP contribution in [0.4, 0.5) is 0 Å². The Bertz CT molecular complexity index is 482. The molecule has 0 aliphatic rings. The lowest BCUT2D eigenvalue weighted by Gasteiger charge is -2.06. The Morgan fingerprint density at radius 2 is 2.11 bits per heavy atom. The topological polar surface area (TPSA) is 71.3 Å². The van der Waals surface area contributed by atoms with Crippen molar-refractivity contribution in [3.05, 3.63) is 16.5 Å². The van der Waals surface area contributed by atoms with Gasteiger partial charge in [0.25, 0.3) is 0 Å². The van der Waals surface area contributed by atoms with Crippen LogP contribution in [-0.2, 0) is 16.6 Å². The van der Waals surface area contributed by atoms with Crippen LogP contribution >= 0.6 is 15.9 Å². The molecule has 0 aliphatic heterocycles. The molecule has 1 heterocycles. The molecule has 104 valence electrons. The fourth-order valence-electron chi connectivity index (χ4n) is 1.27. The van der Waals surface area contributed by atoms with Gasteiger partial charge in [0.05, 0.1) is 6.54 Å². The van der Waals surface area contributed by atoms with Gasteiger partial charge in [-0.3, -0.25) is 0 Å². The van der Waals surface area contributed by atoms with Crippen LogP contribution < -0.4 is 10.0 Å². The molecule has 0 bridgehead atoms. The first-order chi connectivity index (χ1) is 8.36. The van der Waals surface area contributed by atoms with E-state index in [0.29, 0.717) is 18.8 Å². The van der Waals surface area contributed by atoms with E-state index in [1.54, 1.807) is 0 Å². The van der Waals surface area contributed by atoms with Gasteiger partial charge in [-0.2, -0.15) is 0 Å². The van der Waals surface area contributed by atoms with Gasteiger partial charge in [0.1, 0.15) is 10.7 Å². The van der Waals surface area contributed by atoms with Crippen molar-refractivity contribution in [1.82, 2.24) is 10.0 Å². The molecular formula is C11H19BrN2O3S. The summed E-state index contributed by atoms with van der Waals surface area (Å²) in [7, 11) is -3.51. The van der Waals surface area contributed by atoms with Gasteiger partial charge in [-0.15, -0.1) is 0 Å². The van der Waals surface area contributed by atoms with Crippen molar-refractivity contribution in [3.63, 3.8) is 0 Å². The van der Waals surface area contributed by atoms with E-state index < -0.39 is 10.0 Å². The number of furan rings is 1. The van der Waals surface area contributed by atoms with Crippen LogP contribution in [0.5, 0.6) is 0 Å². The number of rotatable bonds is 7. The third-order valence-electron chi connectivity index (χ3n) is 2.23. The van der Waals surface area contributed by atoms with Gasteiger partial charge in [0.2, 0.25) is 10.0 Å². The Hall–Kier alpha value is -0.370. The van der Waals surface area contributed by atoms with Crippen molar-refractivity contribution >= 4 is 26.0 Å². The lowest BCUT2D eigenvalue weighted by Crippen LogP contribution is -2.27. The molecule has 1 aromatic heterocycles. The number of hydrogen-bond acceptors (Lipinski definition) is 4. The first kappa shape index (κ1) is 15.7. The van der Waals surface area contributed by atoms with Crippen LogP contribution in [0, 0.1) is 5.92 Å². The smallest absolute Gasteiger partial charge is 0.244 e. The molecule has 0 aliphatic carbocycles. The highest BCUT2D eigenvalue weighted by atomic mass is 79.9. The molecule has 0 aromatic carbocycles. The van der Waals surface area contributed by atoms with Crippen molar-refractivity contribution in [1.29, 1.82) is 0 Å². The van der Waals surface area contributed by atoms with E-state index in [9.17, 15) is 8.42 Å². The van der Waals surface area contributed by atoms with Crippen LogP contribution in [0.1, 0.15) is 26.5 Å². The molecule has 18 heavy (non-hydrogen) atoms. The minimum Gasteiger partial charge on any atom is -0.452 e. The van der Waals surface area contributed by atoms with Gasteiger partial charge in [0.15, 0.2) is 4.67 Å². The summed E-state index contributed by atoms with van der Waals surface area (Å²) < 4.78 is 32.2. The molecule has 1 rings (SSSR count). The van der Waals surface area contributed by atoms with Gasteiger partial charge in [-0.25, -0.2) is 13.1 Å². The summed E-state index contributed by atoms with van der Waals surface area (Å²) in [4.78, 5) is 0.149. The second-order valence-electron chi connectivity index (χ2n) is 4.38. The molecule has 0 atom stereocenters. The predicted octanol–water partition coefficient (Wildman–Crippen LogP) is 2.09. The molecule has 0 amide bonds. The molecule has 0 radical (unpaired) electrons. The first-order valence-corrected chi connectivity index (χ1v) is 8.13. The number of sulfonamides is 1. The molecule has 2 N–H and O–H groups in total. The van der Waals surface area contributed by atoms with Gasteiger partial charge in [0, 0.05) is 12.6 Å².